The first-order valence-electron chi connectivity index (χ1n) is 15.7. The van der Waals surface area contributed by atoms with Gasteiger partial charge in [0.15, 0.2) is 0 Å². The Balaban J connectivity index is 1.95. The zero-order valence-corrected chi connectivity index (χ0v) is 15.5. The van der Waals surface area contributed by atoms with Crippen LogP contribution in [-0.4, -0.2) is 29.2 Å². The summed E-state index contributed by atoms with van der Waals surface area (Å²) in [5.74, 6) is -1.73. The number of carboxylic acids is 1. The van der Waals surface area contributed by atoms with E-state index in [2.05, 4.69) is 5.32 Å². The summed E-state index contributed by atoms with van der Waals surface area (Å²) in [6.45, 7) is -1.50. The van der Waals surface area contributed by atoms with Crippen LogP contribution in [0.15, 0.2) is 72.5 Å². The zero-order valence-electron chi connectivity index (χ0n) is 29.5. The molecule has 0 saturated heterocycles. The Morgan fingerprint density at radius 2 is 1.79 bits per heavy atom. The molecule has 0 aromatic heterocycles. The van der Waals surface area contributed by atoms with Gasteiger partial charge in [0, 0.05) is 9.24 Å². The van der Waals surface area contributed by atoms with Gasteiger partial charge in [-0.15, -0.1) is 0 Å². The SMILES string of the molecule is [2H]c1c([2H])c(CCCNC([2H])([2H])[C@H](O)c2c([2H])c([2H])c([2H])c(C)c2[2H])c([2H])c(-c2c([2H])c([2H])c([2H])c(C(=O)O)c2[2H])c1[2H]. The van der Waals surface area contributed by atoms with Gasteiger partial charge in [-0.2, -0.15) is 0 Å². The van der Waals surface area contributed by atoms with Gasteiger partial charge in [-0.25, -0.2) is 4.79 Å². The third kappa shape index (κ3) is 6.01. The van der Waals surface area contributed by atoms with E-state index in [0.717, 1.165) is 0 Å². The Morgan fingerprint density at radius 1 is 1.07 bits per heavy atom. The molecule has 0 amide bonds. The van der Waals surface area contributed by atoms with Gasteiger partial charge in [0.25, 0.3) is 0 Å². The maximum Gasteiger partial charge on any atom is 0.335 e. The van der Waals surface area contributed by atoms with Crippen LogP contribution < -0.4 is 5.32 Å². The van der Waals surface area contributed by atoms with Crippen LogP contribution in [0.1, 0.15) is 58.8 Å². The van der Waals surface area contributed by atoms with Crippen LogP contribution in [0.2, 0.25) is 0 Å². The first kappa shape index (κ1) is 9.24. The van der Waals surface area contributed by atoms with Crippen molar-refractivity contribution in [2.45, 2.75) is 25.9 Å². The minimum Gasteiger partial charge on any atom is -0.478 e. The molecule has 29 heavy (non-hydrogen) atoms. The maximum atomic E-state index is 11.7. The molecule has 0 radical (unpaired) electrons. The van der Waals surface area contributed by atoms with Crippen molar-refractivity contribution in [3.8, 4) is 11.1 Å². The van der Waals surface area contributed by atoms with Crippen LogP contribution in [0.5, 0.6) is 0 Å². The van der Waals surface area contributed by atoms with Crippen molar-refractivity contribution >= 4 is 5.97 Å². The second-order valence-electron chi connectivity index (χ2n) is 6.02. The van der Waals surface area contributed by atoms with Gasteiger partial charge in [0.2, 0.25) is 0 Å². The molecule has 4 nitrogen and oxygen atoms in total. The number of hydrogen-bond acceptors (Lipinski definition) is 3. The zero-order chi connectivity index (χ0) is 32.9. The van der Waals surface area contributed by atoms with Gasteiger partial charge in [0.05, 0.1) is 28.1 Å². The highest BCUT2D eigenvalue weighted by molar-refractivity contribution is 5.89. The van der Waals surface area contributed by atoms with Gasteiger partial charge in [0.1, 0.15) is 0 Å². The molecule has 0 fully saturated rings. The molecule has 3 N–H and O–H groups in total. The van der Waals surface area contributed by atoms with E-state index in [9.17, 15) is 15.0 Å². The number of benzene rings is 3. The molecular weight excluding hydrogens is 362 g/mol. The predicted octanol–water partition coefficient (Wildman–Crippen LogP) is 4.62. The Kier molecular flexibility index (Phi) is 3.19. The summed E-state index contributed by atoms with van der Waals surface area (Å²) in [4.78, 5) is 11.7. The third-order valence-electron chi connectivity index (χ3n) is 3.78. The van der Waals surface area contributed by atoms with Crippen LogP contribution >= 0.6 is 0 Å². The first-order chi connectivity index (χ1) is 19.8. The summed E-state index contributed by atoms with van der Waals surface area (Å²) in [6.07, 6.45) is -2.27. The molecule has 0 heterocycles. The molecule has 0 aliphatic heterocycles. The average molecular weight is 404 g/mol. The lowest BCUT2D eigenvalue weighted by molar-refractivity contribution is 0.0697. The fraction of sp³-hybridized carbons (Fsp3) is 0.240. The van der Waals surface area contributed by atoms with E-state index in [1.165, 1.54) is 6.92 Å². The summed E-state index contributed by atoms with van der Waals surface area (Å²) in [6, 6.07) is -8.03. The van der Waals surface area contributed by atoms with Gasteiger partial charge in [-0.05, 0) is 60.6 Å². The molecule has 3 aromatic carbocycles. The monoisotopic (exact) mass is 403 g/mol. The second-order valence-corrected chi connectivity index (χ2v) is 6.02. The van der Waals surface area contributed by atoms with Crippen LogP contribution in [0.4, 0.5) is 0 Å². The number of aliphatic hydroxyl groups excluding tert-OH is 1. The number of nitrogens with one attached hydrogen (secondary N) is 1. The highest BCUT2D eigenvalue weighted by Crippen LogP contribution is 2.22. The van der Waals surface area contributed by atoms with Gasteiger partial charge >= 0.3 is 5.97 Å². The summed E-state index contributed by atoms with van der Waals surface area (Å²) < 4.78 is 114. The fourth-order valence-corrected chi connectivity index (χ4v) is 2.40. The van der Waals surface area contributed by atoms with Crippen LogP contribution in [0.25, 0.3) is 11.1 Å². The van der Waals surface area contributed by atoms with Gasteiger partial charge in [-0.3, -0.25) is 0 Å². The van der Waals surface area contributed by atoms with Crippen LogP contribution in [0.3, 0.4) is 0 Å². The number of aliphatic hydroxyl groups is 1. The van der Waals surface area contributed by atoms with Crippen molar-refractivity contribution in [2.24, 2.45) is 0 Å². The molecule has 0 unspecified atom stereocenters. The molecule has 0 bridgehead atoms. The largest absolute Gasteiger partial charge is 0.478 e. The molecule has 0 aliphatic carbocycles. The van der Waals surface area contributed by atoms with E-state index in [-0.39, 0.29) is 36.6 Å². The smallest absolute Gasteiger partial charge is 0.335 e. The predicted molar refractivity (Wildman–Crippen MR) is 116 cm³/mol. The molecule has 3 aromatic rings. The van der Waals surface area contributed by atoms with Crippen molar-refractivity contribution in [3.63, 3.8) is 0 Å². The molecule has 0 spiro atoms. The van der Waals surface area contributed by atoms with E-state index in [0.29, 0.717) is 0 Å². The summed E-state index contributed by atoms with van der Waals surface area (Å²) in [7, 11) is 0. The second kappa shape index (κ2) is 10.0. The number of aromatic carboxylic acids is 1. The van der Waals surface area contributed by atoms with Gasteiger partial charge < -0.3 is 15.5 Å². The number of carbonyl (C=O) groups is 1. The number of carboxylic acid groups (broad SMARTS) is 1. The summed E-state index contributed by atoms with van der Waals surface area (Å²) in [5, 5.41) is 22.6. The maximum absolute atomic E-state index is 11.7. The number of hydrogen-bond donors (Lipinski definition) is 3. The lowest BCUT2D eigenvalue weighted by Gasteiger charge is -2.13. The Morgan fingerprint density at radius 3 is 2.59 bits per heavy atom. The summed E-state index contributed by atoms with van der Waals surface area (Å²) in [5.41, 5.74) is -2.67. The van der Waals surface area contributed by atoms with Crippen molar-refractivity contribution in [1.29, 1.82) is 0 Å². The molecule has 3 rings (SSSR count). The number of rotatable bonds is 9. The molecule has 0 aliphatic rings. The molecule has 0 saturated carbocycles. The highest BCUT2D eigenvalue weighted by atomic mass is 16.4. The fourth-order valence-electron chi connectivity index (χ4n) is 2.40. The van der Waals surface area contributed by atoms with E-state index >= 15 is 0 Å². The van der Waals surface area contributed by atoms with E-state index < -0.39 is 107 Å². The van der Waals surface area contributed by atoms with Crippen molar-refractivity contribution in [3.05, 3.63) is 94.8 Å². The minimum absolute atomic E-state index is 0.00584. The van der Waals surface area contributed by atoms with Gasteiger partial charge in [-0.1, -0.05) is 66.0 Å². The Labute approximate surface area is 191 Å². The lowest BCUT2D eigenvalue weighted by atomic mass is 9.99. The Hall–Kier alpha value is -2.95. The van der Waals surface area contributed by atoms with E-state index in [4.69, 9.17) is 19.2 Å². The summed E-state index contributed by atoms with van der Waals surface area (Å²) >= 11 is 0. The molecule has 150 valence electrons. The van der Waals surface area contributed by atoms with Crippen LogP contribution in [-0.2, 0) is 6.42 Å². The Bertz CT molecular complexity index is 1610. The average Bonchev–Trinajstić information content (AvgIpc) is 2.93. The van der Waals surface area contributed by atoms with Crippen molar-refractivity contribution < 1.29 is 34.2 Å². The normalized spacial score (nSPS) is 19.2. The highest BCUT2D eigenvalue weighted by Gasteiger charge is 2.07. The van der Waals surface area contributed by atoms with E-state index in [1.54, 1.807) is 0 Å². The molecule has 1 atom stereocenters. The minimum atomic E-state index is -2.63. The van der Waals surface area contributed by atoms with E-state index in [1.807, 2.05) is 0 Å². The molecule has 4 heteroatoms. The lowest BCUT2D eigenvalue weighted by Crippen LogP contribution is -2.22. The van der Waals surface area contributed by atoms with Crippen LogP contribution in [0, 0.1) is 6.92 Å². The molecular formula is C25H27NO3. The third-order valence-corrected chi connectivity index (χ3v) is 3.78. The van der Waals surface area contributed by atoms with Crippen molar-refractivity contribution in [2.75, 3.05) is 13.0 Å². The van der Waals surface area contributed by atoms with Crippen molar-refractivity contribution in [1.82, 2.24) is 5.32 Å². The topological polar surface area (TPSA) is 69.6 Å². The standard InChI is InChI=1S/C25H27NO3/c1-18-6-2-11-22(14-18)24(27)17-26-13-5-8-19-7-3-9-20(15-19)21-10-4-12-23(16-21)25(28)29/h2-4,6-7,9-12,14-16,24,26-27H,5,8,13,17H2,1H3,(H,28,29)/t24-/m0/s1/i2D,3D,4D,6D,7D,9D,10D,11D,12D,14D,15D,16D,17D2. The quantitative estimate of drug-likeness (QED) is 0.456. The first-order valence-corrected chi connectivity index (χ1v) is 8.72.